The lowest BCUT2D eigenvalue weighted by Gasteiger charge is -2.32. The molecule has 108 valence electrons. The molecule has 3 nitrogen and oxygen atoms in total. The Hall–Kier alpha value is -1.91. The Morgan fingerprint density at radius 3 is 2.90 bits per heavy atom. The van der Waals surface area contributed by atoms with Crippen LogP contribution in [-0.4, -0.2) is 31.0 Å². The molecule has 0 N–H and O–H groups in total. The molecule has 0 saturated carbocycles. The van der Waals surface area contributed by atoms with Crippen molar-refractivity contribution in [1.29, 1.82) is 0 Å². The van der Waals surface area contributed by atoms with E-state index in [1.165, 1.54) is 25.3 Å². The highest BCUT2D eigenvalue weighted by molar-refractivity contribution is 5.87. The second-order valence-electron chi connectivity index (χ2n) is 4.85. The summed E-state index contributed by atoms with van der Waals surface area (Å²) in [6.07, 6.45) is 2.93. The van der Waals surface area contributed by atoms with Gasteiger partial charge < -0.3 is 9.64 Å². The monoisotopic (exact) mass is 281 g/mol. The normalized spacial score (nSPS) is 18.8. The van der Waals surface area contributed by atoms with Gasteiger partial charge in [0.15, 0.2) is 11.6 Å². The van der Waals surface area contributed by atoms with Crippen LogP contribution in [0.3, 0.4) is 0 Å². The number of benzene rings is 1. The first-order chi connectivity index (χ1) is 9.56. The molecule has 0 radical (unpaired) electrons. The Balaban J connectivity index is 2.25. The molecule has 1 aromatic rings. The molecule has 1 heterocycles. The highest BCUT2D eigenvalue weighted by Gasteiger charge is 2.25. The van der Waals surface area contributed by atoms with E-state index in [0.717, 1.165) is 12.8 Å². The summed E-state index contributed by atoms with van der Waals surface area (Å²) in [6.45, 7) is 4.62. The first-order valence-corrected chi connectivity index (χ1v) is 6.51. The minimum Gasteiger partial charge on any atom is -0.494 e. The Morgan fingerprint density at radius 1 is 1.50 bits per heavy atom. The number of amides is 1. The quantitative estimate of drug-likeness (QED) is 0.797. The van der Waals surface area contributed by atoms with Crippen LogP contribution in [0, 0.1) is 11.6 Å². The highest BCUT2D eigenvalue weighted by Crippen LogP contribution is 2.31. The molecule has 5 heteroatoms. The van der Waals surface area contributed by atoms with Gasteiger partial charge in [-0.1, -0.05) is 6.58 Å². The molecule has 0 bridgehead atoms. The van der Waals surface area contributed by atoms with Gasteiger partial charge in [-0.2, -0.15) is 4.39 Å². The van der Waals surface area contributed by atoms with Crippen molar-refractivity contribution in [2.45, 2.75) is 18.8 Å². The standard InChI is InChI=1S/C15H17F2NO2/c1-3-14(19)18-6-4-5-10(9-18)11-7-12(16)15(17)13(8-11)20-2/h3,7-8,10H,1,4-6,9H2,2H3. The fraction of sp³-hybridized carbons (Fsp3) is 0.400. The summed E-state index contributed by atoms with van der Waals surface area (Å²) in [5.41, 5.74) is 0.655. The summed E-state index contributed by atoms with van der Waals surface area (Å²) < 4.78 is 31.8. The van der Waals surface area contributed by atoms with E-state index >= 15 is 0 Å². The molecular weight excluding hydrogens is 264 g/mol. The summed E-state index contributed by atoms with van der Waals surface area (Å²) in [4.78, 5) is 13.3. The molecule has 0 aliphatic carbocycles. The van der Waals surface area contributed by atoms with Crippen LogP contribution in [0.15, 0.2) is 24.8 Å². The number of likely N-dealkylation sites (tertiary alicyclic amines) is 1. The van der Waals surface area contributed by atoms with Crippen LogP contribution in [0.5, 0.6) is 5.75 Å². The van der Waals surface area contributed by atoms with Gasteiger partial charge in [0.2, 0.25) is 11.7 Å². The van der Waals surface area contributed by atoms with Crippen molar-refractivity contribution in [3.63, 3.8) is 0 Å². The Bertz CT molecular complexity index is 531. The molecule has 1 saturated heterocycles. The Morgan fingerprint density at radius 2 is 2.25 bits per heavy atom. The predicted molar refractivity (Wildman–Crippen MR) is 71.7 cm³/mol. The van der Waals surface area contributed by atoms with Crippen LogP contribution < -0.4 is 4.74 Å². The first-order valence-electron chi connectivity index (χ1n) is 6.51. The molecule has 1 aliphatic heterocycles. The Kier molecular flexibility index (Phi) is 4.37. The molecule has 0 spiro atoms. The van der Waals surface area contributed by atoms with Gasteiger partial charge in [0.05, 0.1) is 7.11 Å². The zero-order valence-electron chi connectivity index (χ0n) is 11.4. The van der Waals surface area contributed by atoms with Gasteiger partial charge in [0.25, 0.3) is 0 Å². The fourth-order valence-electron chi connectivity index (χ4n) is 2.55. The molecule has 1 unspecified atom stereocenters. The van der Waals surface area contributed by atoms with Gasteiger partial charge in [0, 0.05) is 19.0 Å². The Labute approximate surface area is 116 Å². The maximum Gasteiger partial charge on any atom is 0.245 e. The van der Waals surface area contributed by atoms with Crippen LogP contribution >= 0.6 is 0 Å². The number of nitrogens with zero attached hydrogens (tertiary/aromatic N) is 1. The average molecular weight is 281 g/mol. The van der Waals surface area contributed by atoms with E-state index in [1.54, 1.807) is 4.90 Å². The third kappa shape index (κ3) is 2.81. The number of piperidine rings is 1. The van der Waals surface area contributed by atoms with E-state index in [0.29, 0.717) is 18.7 Å². The van der Waals surface area contributed by atoms with E-state index in [4.69, 9.17) is 4.74 Å². The van der Waals surface area contributed by atoms with Crippen LogP contribution in [0.1, 0.15) is 24.3 Å². The first kappa shape index (κ1) is 14.5. The number of hydrogen-bond donors (Lipinski definition) is 0. The van der Waals surface area contributed by atoms with Crippen LogP contribution in [-0.2, 0) is 4.79 Å². The van der Waals surface area contributed by atoms with Gasteiger partial charge in [-0.25, -0.2) is 4.39 Å². The average Bonchev–Trinajstić information content (AvgIpc) is 2.49. The second kappa shape index (κ2) is 6.03. The number of methoxy groups -OCH3 is 1. The molecule has 1 amide bonds. The maximum absolute atomic E-state index is 13.6. The molecule has 2 rings (SSSR count). The number of ether oxygens (including phenoxy) is 1. The largest absolute Gasteiger partial charge is 0.494 e. The third-order valence-electron chi connectivity index (χ3n) is 3.62. The van der Waals surface area contributed by atoms with Crippen molar-refractivity contribution >= 4 is 5.91 Å². The SMILES string of the molecule is C=CC(=O)N1CCCC(c2cc(F)c(F)c(OC)c2)C1. The maximum atomic E-state index is 13.6. The number of carbonyl (C=O) groups excluding carboxylic acids is 1. The summed E-state index contributed by atoms with van der Waals surface area (Å²) in [5.74, 6) is -2.16. The molecule has 1 aromatic carbocycles. The van der Waals surface area contributed by atoms with E-state index < -0.39 is 11.6 Å². The van der Waals surface area contributed by atoms with Crippen molar-refractivity contribution in [3.8, 4) is 5.75 Å². The van der Waals surface area contributed by atoms with Crippen LogP contribution in [0.25, 0.3) is 0 Å². The van der Waals surface area contributed by atoms with E-state index in [1.807, 2.05) is 0 Å². The number of carbonyl (C=O) groups is 1. The minimum atomic E-state index is -0.980. The second-order valence-corrected chi connectivity index (χ2v) is 4.85. The molecular formula is C15H17F2NO2. The van der Waals surface area contributed by atoms with Crippen LogP contribution in [0.4, 0.5) is 8.78 Å². The lowest BCUT2D eigenvalue weighted by Crippen LogP contribution is -2.38. The molecule has 0 aromatic heterocycles. The van der Waals surface area contributed by atoms with Crippen LogP contribution in [0.2, 0.25) is 0 Å². The molecule has 1 aliphatic rings. The summed E-state index contributed by atoms with van der Waals surface area (Å²) in [5, 5.41) is 0. The lowest BCUT2D eigenvalue weighted by atomic mass is 9.90. The van der Waals surface area contributed by atoms with E-state index in [2.05, 4.69) is 6.58 Å². The van der Waals surface area contributed by atoms with E-state index in [-0.39, 0.29) is 17.6 Å². The van der Waals surface area contributed by atoms with Gasteiger partial charge >= 0.3 is 0 Å². The van der Waals surface area contributed by atoms with Gasteiger partial charge in [0.1, 0.15) is 0 Å². The number of hydrogen-bond acceptors (Lipinski definition) is 2. The number of rotatable bonds is 3. The van der Waals surface area contributed by atoms with Crippen molar-refractivity contribution in [3.05, 3.63) is 42.0 Å². The predicted octanol–water partition coefficient (Wildman–Crippen LogP) is 2.87. The zero-order valence-corrected chi connectivity index (χ0v) is 11.4. The van der Waals surface area contributed by atoms with Crippen molar-refractivity contribution in [2.75, 3.05) is 20.2 Å². The van der Waals surface area contributed by atoms with Crippen molar-refractivity contribution < 1.29 is 18.3 Å². The minimum absolute atomic E-state index is 0.0170. The van der Waals surface area contributed by atoms with Crippen molar-refractivity contribution in [2.24, 2.45) is 0 Å². The zero-order chi connectivity index (χ0) is 14.7. The van der Waals surface area contributed by atoms with Crippen molar-refractivity contribution in [1.82, 2.24) is 4.90 Å². The lowest BCUT2D eigenvalue weighted by molar-refractivity contribution is -0.127. The fourth-order valence-corrected chi connectivity index (χ4v) is 2.55. The molecule has 20 heavy (non-hydrogen) atoms. The van der Waals surface area contributed by atoms with E-state index in [9.17, 15) is 13.6 Å². The highest BCUT2D eigenvalue weighted by atomic mass is 19.2. The number of halogens is 2. The smallest absolute Gasteiger partial charge is 0.245 e. The van der Waals surface area contributed by atoms with Gasteiger partial charge in [-0.05, 0) is 36.6 Å². The summed E-state index contributed by atoms with van der Waals surface area (Å²) >= 11 is 0. The van der Waals surface area contributed by atoms with Gasteiger partial charge in [-0.3, -0.25) is 4.79 Å². The molecule has 1 fully saturated rings. The van der Waals surface area contributed by atoms with Gasteiger partial charge in [-0.15, -0.1) is 0 Å². The molecule has 1 atom stereocenters. The topological polar surface area (TPSA) is 29.5 Å². The third-order valence-corrected chi connectivity index (χ3v) is 3.62. The summed E-state index contributed by atoms with van der Waals surface area (Å²) in [7, 11) is 1.30. The summed E-state index contributed by atoms with van der Waals surface area (Å²) in [6, 6.07) is 2.69.